The highest BCUT2D eigenvalue weighted by Crippen LogP contribution is 2.28. The molecule has 1 saturated heterocycles. The van der Waals surface area contributed by atoms with E-state index >= 15 is 0 Å². The Morgan fingerprint density at radius 3 is 2.56 bits per heavy atom. The van der Waals surface area contributed by atoms with Crippen LogP contribution in [0, 0.1) is 0 Å². The minimum atomic E-state index is -4.19. The second-order valence-corrected chi connectivity index (χ2v) is 9.82. The molecule has 0 saturated carbocycles. The molecule has 1 aliphatic heterocycles. The van der Waals surface area contributed by atoms with E-state index in [1.54, 1.807) is 11.0 Å². The number of carbonyl (C=O) groups is 2. The fourth-order valence-electron chi connectivity index (χ4n) is 3.54. The average molecular weight is 511 g/mol. The van der Waals surface area contributed by atoms with Gasteiger partial charge >= 0.3 is 10.1 Å². The number of hydrogen-bond acceptors (Lipinski definition) is 7. The third-order valence-electron chi connectivity index (χ3n) is 5.12. The maximum atomic E-state index is 12.9. The second-order valence-electron chi connectivity index (χ2n) is 7.84. The molecule has 9 nitrogen and oxygen atoms in total. The highest BCUT2D eigenvalue weighted by molar-refractivity contribution is 7.87. The summed E-state index contributed by atoms with van der Waals surface area (Å²) in [5, 5.41) is 2.94. The van der Waals surface area contributed by atoms with Gasteiger partial charge in [0.1, 0.15) is 17.3 Å². The number of ether oxygens (including phenoxy) is 2. The molecule has 0 radical (unpaired) electrons. The van der Waals surface area contributed by atoms with Crippen molar-refractivity contribution in [1.82, 2.24) is 4.90 Å². The monoisotopic (exact) mass is 510 g/mol. The van der Waals surface area contributed by atoms with Crippen molar-refractivity contribution in [2.45, 2.75) is 37.3 Å². The Labute approximate surface area is 204 Å². The normalized spacial score (nSPS) is 15.7. The number of halogens is 1. The molecule has 2 amide bonds. The van der Waals surface area contributed by atoms with Crippen LogP contribution < -0.4 is 9.50 Å². The molecule has 1 heterocycles. The predicted molar refractivity (Wildman–Crippen MR) is 126 cm³/mol. The summed E-state index contributed by atoms with van der Waals surface area (Å²) in [5.41, 5.74) is 0.883. The summed E-state index contributed by atoms with van der Waals surface area (Å²) in [6, 6.07) is 10.1. The SMILES string of the molecule is COCC(=O)N(Cc1cc(Cl)ccc1OS(=O)(=O)c1ccc(NC(C)=O)cc1)C[C@H]1CCCO1. The van der Waals surface area contributed by atoms with E-state index in [2.05, 4.69) is 5.32 Å². The van der Waals surface area contributed by atoms with E-state index in [0.717, 1.165) is 12.8 Å². The Bertz CT molecular complexity index is 1120. The standard InChI is InChI=1S/C23H27ClN2O7S/c1-16(27)25-19-6-8-21(9-7-19)34(29,30)33-22-10-5-18(24)12-17(22)13-26(23(28)15-31-2)14-20-4-3-11-32-20/h5-10,12,20H,3-4,11,13-15H2,1-2H3,(H,25,27)/t20-/m1/s1. The van der Waals surface area contributed by atoms with Gasteiger partial charge in [0.05, 0.1) is 6.10 Å². The topological polar surface area (TPSA) is 111 Å². The molecule has 34 heavy (non-hydrogen) atoms. The van der Waals surface area contributed by atoms with Gasteiger partial charge in [-0.15, -0.1) is 0 Å². The van der Waals surface area contributed by atoms with Crippen LogP contribution in [0.3, 0.4) is 0 Å². The van der Waals surface area contributed by atoms with Gasteiger partial charge in [0.25, 0.3) is 0 Å². The Morgan fingerprint density at radius 1 is 1.21 bits per heavy atom. The van der Waals surface area contributed by atoms with Crippen molar-refractivity contribution in [3.63, 3.8) is 0 Å². The van der Waals surface area contributed by atoms with Crippen molar-refractivity contribution in [3.05, 3.63) is 53.1 Å². The van der Waals surface area contributed by atoms with Gasteiger partial charge in [0.2, 0.25) is 11.8 Å². The molecule has 3 rings (SSSR count). The van der Waals surface area contributed by atoms with Crippen LogP contribution in [0.15, 0.2) is 47.4 Å². The minimum Gasteiger partial charge on any atom is -0.379 e. The summed E-state index contributed by atoms with van der Waals surface area (Å²) in [7, 11) is -2.76. The number of amides is 2. The van der Waals surface area contributed by atoms with Crippen LogP contribution in [0.4, 0.5) is 5.69 Å². The van der Waals surface area contributed by atoms with E-state index in [1.807, 2.05) is 0 Å². The zero-order valence-electron chi connectivity index (χ0n) is 19.0. The van der Waals surface area contributed by atoms with Gasteiger partial charge in [-0.25, -0.2) is 0 Å². The molecule has 1 aliphatic rings. The molecule has 184 valence electrons. The highest BCUT2D eigenvalue weighted by Gasteiger charge is 2.25. The molecule has 2 aromatic rings. The number of nitrogens with one attached hydrogen (secondary N) is 1. The number of anilines is 1. The molecular weight excluding hydrogens is 484 g/mol. The van der Waals surface area contributed by atoms with Crippen LogP contribution in [0.1, 0.15) is 25.3 Å². The van der Waals surface area contributed by atoms with Crippen LogP contribution in [-0.2, 0) is 35.7 Å². The van der Waals surface area contributed by atoms with Crippen molar-refractivity contribution < 1.29 is 31.7 Å². The molecular formula is C23H27ClN2O7S. The number of rotatable bonds is 10. The van der Waals surface area contributed by atoms with Gasteiger partial charge in [0.15, 0.2) is 0 Å². The summed E-state index contributed by atoms with van der Waals surface area (Å²) >= 11 is 6.17. The van der Waals surface area contributed by atoms with Crippen LogP contribution in [-0.4, -0.2) is 58.1 Å². The zero-order valence-corrected chi connectivity index (χ0v) is 20.5. The molecule has 0 bridgehead atoms. The van der Waals surface area contributed by atoms with Crippen molar-refractivity contribution in [1.29, 1.82) is 0 Å². The third kappa shape index (κ3) is 7.17. The van der Waals surface area contributed by atoms with E-state index in [9.17, 15) is 18.0 Å². The molecule has 1 atom stereocenters. The molecule has 2 aromatic carbocycles. The van der Waals surface area contributed by atoms with Crippen LogP contribution >= 0.6 is 11.6 Å². The first-order valence-corrected chi connectivity index (χ1v) is 12.5. The lowest BCUT2D eigenvalue weighted by Crippen LogP contribution is -2.39. The Hall–Kier alpha value is -2.66. The molecule has 0 aromatic heterocycles. The quantitative estimate of drug-likeness (QED) is 0.488. The van der Waals surface area contributed by atoms with Crippen molar-refractivity contribution in [2.24, 2.45) is 0 Å². The summed E-state index contributed by atoms with van der Waals surface area (Å²) in [4.78, 5) is 25.3. The average Bonchev–Trinajstić information content (AvgIpc) is 3.28. The second kappa shape index (κ2) is 11.7. The van der Waals surface area contributed by atoms with Crippen LogP contribution in [0.25, 0.3) is 0 Å². The lowest BCUT2D eigenvalue weighted by Gasteiger charge is -2.26. The lowest BCUT2D eigenvalue weighted by atomic mass is 10.1. The molecule has 0 spiro atoms. The summed E-state index contributed by atoms with van der Waals surface area (Å²) in [6.07, 6.45) is 1.65. The van der Waals surface area contributed by atoms with E-state index in [-0.39, 0.29) is 41.7 Å². The maximum Gasteiger partial charge on any atom is 0.339 e. The van der Waals surface area contributed by atoms with Crippen LogP contribution in [0.5, 0.6) is 5.75 Å². The maximum absolute atomic E-state index is 12.9. The van der Waals surface area contributed by atoms with Crippen molar-refractivity contribution in [3.8, 4) is 5.75 Å². The van der Waals surface area contributed by atoms with E-state index in [0.29, 0.717) is 29.4 Å². The van der Waals surface area contributed by atoms with Gasteiger partial charge in [-0.05, 0) is 55.3 Å². The Balaban J connectivity index is 1.83. The van der Waals surface area contributed by atoms with Gasteiger partial charge in [-0.3, -0.25) is 9.59 Å². The van der Waals surface area contributed by atoms with E-state index in [4.69, 9.17) is 25.3 Å². The fourth-order valence-corrected chi connectivity index (χ4v) is 4.70. The fraction of sp³-hybridized carbons (Fsp3) is 0.391. The van der Waals surface area contributed by atoms with Gasteiger partial charge < -0.3 is 23.9 Å². The Morgan fingerprint density at radius 2 is 1.94 bits per heavy atom. The molecule has 11 heteroatoms. The number of nitrogens with zero attached hydrogens (tertiary/aromatic N) is 1. The highest BCUT2D eigenvalue weighted by atomic mass is 35.5. The zero-order chi connectivity index (χ0) is 24.7. The number of hydrogen-bond donors (Lipinski definition) is 1. The number of methoxy groups -OCH3 is 1. The summed E-state index contributed by atoms with van der Waals surface area (Å²) in [5.74, 6) is -0.480. The first kappa shape index (κ1) is 26.0. The minimum absolute atomic E-state index is 0.0536. The summed E-state index contributed by atoms with van der Waals surface area (Å²) < 4.78 is 41.9. The first-order chi connectivity index (χ1) is 16.2. The van der Waals surface area contributed by atoms with Gasteiger partial charge in [-0.1, -0.05) is 11.6 Å². The van der Waals surface area contributed by atoms with Gasteiger partial charge in [-0.2, -0.15) is 8.42 Å². The predicted octanol–water partition coefficient (Wildman–Crippen LogP) is 3.22. The largest absolute Gasteiger partial charge is 0.379 e. The van der Waals surface area contributed by atoms with Crippen molar-refractivity contribution >= 4 is 39.2 Å². The van der Waals surface area contributed by atoms with E-state index < -0.39 is 10.1 Å². The van der Waals surface area contributed by atoms with Gasteiger partial charge in [0, 0.05) is 50.0 Å². The number of benzene rings is 2. The molecule has 0 unspecified atom stereocenters. The molecule has 1 N–H and O–H groups in total. The molecule has 1 fully saturated rings. The lowest BCUT2D eigenvalue weighted by molar-refractivity contribution is -0.137. The first-order valence-electron chi connectivity index (χ1n) is 10.7. The Kier molecular flexibility index (Phi) is 8.90. The van der Waals surface area contributed by atoms with Crippen molar-refractivity contribution in [2.75, 3.05) is 32.2 Å². The molecule has 0 aliphatic carbocycles. The van der Waals surface area contributed by atoms with Crippen LogP contribution in [0.2, 0.25) is 5.02 Å². The smallest absolute Gasteiger partial charge is 0.339 e. The number of carbonyl (C=O) groups excluding carboxylic acids is 2. The third-order valence-corrected chi connectivity index (χ3v) is 6.60. The summed E-state index contributed by atoms with van der Waals surface area (Å²) in [6.45, 7) is 2.28. The van der Waals surface area contributed by atoms with E-state index in [1.165, 1.54) is 50.4 Å².